The fraction of sp³-hybridized carbons (Fsp3) is 0.0500. The van der Waals surface area contributed by atoms with Gasteiger partial charge in [-0.2, -0.15) is 5.10 Å². The summed E-state index contributed by atoms with van der Waals surface area (Å²) in [5.41, 5.74) is 3.01. The molecule has 2 aromatic heterocycles. The van der Waals surface area contributed by atoms with Crippen molar-refractivity contribution in [2.75, 3.05) is 0 Å². The minimum Gasteiger partial charge on any atom is -0.478 e. The molecule has 27 heavy (non-hydrogen) atoms. The van der Waals surface area contributed by atoms with E-state index in [9.17, 15) is 9.90 Å². The number of hydrogen-bond acceptors (Lipinski definition) is 3. The average Bonchev–Trinajstić information content (AvgIpc) is 2.98. The highest BCUT2D eigenvalue weighted by atomic mass is 35.5. The van der Waals surface area contributed by atoms with Gasteiger partial charge in [-0.05, 0) is 43.3 Å². The molecule has 0 spiro atoms. The Morgan fingerprint density at radius 1 is 1.07 bits per heavy atom. The Bertz CT molecular complexity index is 1190. The van der Waals surface area contributed by atoms with Gasteiger partial charge in [-0.15, -0.1) is 0 Å². The van der Waals surface area contributed by atoms with Gasteiger partial charge < -0.3 is 5.11 Å². The molecule has 2 aromatic carbocycles. The first kappa shape index (κ1) is 17.5. The van der Waals surface area contributed by atoms with Crippen LogP contribution in [0.15, 0.2) is 54.6 Å². The second-order valence-corrected chi connectivity index (χ2v) is 6.86. The summed E-state index contributed by atoms with van der Waals surface area (Å²) < 4.78 is 1.64. The van der Waals surface area contributed by atoms with Gasteiger partial charge in [-0.1, -0.05) is 41.4 Å². The van der Waals surface area contributed by atoms with Crippen molar-refractivity contribution in [3.8, 4) is 16.9 Å². The van der Waals surface area contributed by atoms with Crippen molar-refractivity contribution >= 4 is 40.2 Å². The van der Waals surface area contributed by atoms with Gasteiger partial charge in [-0.25, -0.2) is 14.5 Å². The summed E-state index contributed by atoms with van der Waals surface area (Å²) in [5, 5.41) is 15.7. The molecule has 134 valence electrons. The summed E-state index contributed by atoms with van der Waals surface area (Å²) in [6, 6.07) is 16.0. The van der Waals surface area contributed by atoms with E-state index in [1.165, 1.54) is 6.07 Å². The van der Waals surface area contributed by atoms with E-state index in [2.05, 4.69) is 10.1 Å². The lowest BCUT2D eigenvalue weighted by molar-refractivity contribution is 0.0699. The fourth-order valence-electron chi connectivity index (χ4n) is 3.04. The number of fused-ring (bicyclic) bond motifs is 1. The first-order valence-electron chi connectivity index (χ1n) is 8.10. The molecule has 0 unspecified atom stereocenters. The predicted octanol–water partition coefficient (Wildman–Crippen LogP) is 5.40. The third-order valence-electron chi connectivity index (χ3n) is 4.25. The SMILES string of the molecule is Cc1nn(-c2ccccc2)c2nc(-c3ccc(Cl)cc3Cl)cc(C(=O)O)c12. The van der Waals surface area contributed by atoms with Crippen LogP contribution in [0.1, 0.15) is 16.1 Å². The summed E-state index contributed by atoms with van der Waals surface area (Å²) in [6.45, 7) is 1.77. The maximum absolute atomic E-state index is 11.9. The van der Waals surface area contributed by atoms with Gasteiger partial charge in [0.2, 0.25) is 0 Å². The van der Waals surface area contributed by atoms with Crippen molar-refractivity contribution in [2.45, 2.75) is 6.92 Å². The fourth-order valence-corrected chi connectivity index (χ4v) is 3.55. The number of halogens is 2. The van der Waals surface area contributed by atoms with E-state index in [0.717, 1.165) is 5.69 Å². The molecule has 5 nitrogen and oxygen atoms in total. The summed E-state index contributed by atoms with van der Waals surface area (Å²) in [7, 11) is 0. The minimum atomic E-state index is -1.05. The Kier molecular flexibility index (Phi) is 4.34. The van der Waals surface area contributed by atoms with Crippen LogP contribution in [0, 0.1) is 6.92 Å². The highest BCUT2D eigenvalue weighted by Crippen LogP contribution is 2.33. The molecule has 7 heteroatoms. The van der Waals surface area contributed by atoms with Crippen molar-refractivity contribution < 1.29 is 9.90 Å². The van der Waals surface area contributed by atoms with Crippen molar-refractivity contribution in [1.82, 2.24) is 14.8 Å². The van der Waals surface area contributed by atoms with Crippen LogP contribution < -0.4 is 0 Å². The number of carbonyl (C=O) groups is 1. The quantitative estimate of drug-likeness (QED) is 0.502. The number of aryl methyl sites for hydroxylation is 1. The van der Waals surface area contributed by atoms with E-state index < -0.39 is 5.97 Å². The smallest absolute Gasteiger partial charge is 0.336 e. The standard InChI is InChI=1S/C20H13Cl2N3O2/c1-11-18-15(20(26)27)10-17(14-8-7-12(21)9-16(14)22)23-19(18)25(24-11)13-5-3-2-4-6-13/h2-10H,1H3,(H,26,27). The molecule has 0 aliphatic rings. The number of nitrogens with zero attached hydrogens (tertiary/aromatic N) is 3. The Hall–Kier alpha value is -2.89. The maximum atomic E-state index is 11.9. The van der Waals surface area contributed by atoms with Crippen LogP contribution in [-0.4, -0.2) is 25.8 Å². The van der Waals surface area contributed by atoms with Crippen LogP contribution >= 0.6 is 23.2 Å². The number of pyridine rings is 1. The molecule has 2 heterocycles. The lowest BCUT2D eigenvalue weighted by Gasteiger charge is -2.08. The van der Waals surface area contributed by atoms with Gasteiger partial charge >= 0.3 is 5.97 Å². The molecule has 0 fully saturated rings. The van der Waals surface area contributed by atoms with E-state index in [1.54, 1.807) is 29.8 Å². The first-order valence-corrected chi connectivity index (χ1v) is 8.86. The highest BCUT2D eigenvalue weighted by molar-refractivity contribution is 6.36. The third-order valence-corrected chi connectivity index (χ3v) is 4.80. The van der Waals surface area contributed by atoms with E-state index >= 15 is 0 Å². The Morgan fingerprint density at radius 2 is 1.81 bits per heavy atom. The molecule has 0 amide bonds. The van der Waals surface area contributed by atoms with Crippen LogP contribution in [0.4, 0.5) is 0 Å². The average molecular weight is 398 g/mol. The second-order valence-electron chi connectivity index (χ2n) is 6.02. The summed E-state index contributed by atoms with van der Waals surface area (Å²) >= 11 is 12.3. The Morgan fingerprint density at radius 3 is 2.48 bits per heavy atom. The molecule has 0 saturated heterocycles. The molecule has 4 aromatic rings. The second kappa shape index (κ2) is 6.68. The number of aromatic nitrogens is 3. The minimum absolute atomic E-state index is 0.126. The van der Waals surface area contributed by atoms with Crippen LogP contribution in [-0.2, 0) is 0 Å². The lowest BCUT2D eigenvalue weighted by Crippen LogP contribution is -2.02. The van der Waals surface area contributed by atoms with Crippen LogP contribution in [0.3, 0.4) is 0 Å². The molecule has 0 saturated carbocycles. The molecule has 0 aliphatic carbocycles. The predicted molar refractivity (Wildman–Crippen MR) is 106 cm³/mol. The molecule has 0 radical (unpaired) electrons. The van der Waals surface area contributed by atoms with Crippen molar-refractivity contribution in [3.63, 3.8) is 0 Å². The molecule has 1 N–H and O–H groups in total. The molecular formula is C20H13Cl2N3O2. The number of rotatable bonds is 3. The zero-order valence-corrected chi connectivity index (χ0v) is 15.7. The van der Waals surface area contributed by atoms with Crippen LogP contribution in [0.2, 0.25) is 10.0 Å². The third kappa shape index (κ3) is 3.05. The number of benzene rings is 2. The van der Waals surface area contributed by atoms with Gasteiger partial charge in [0.25, 0.3) is 0 Å². The van der Waals surface area contributed by atoms with Gasteiger partial charge in [0.05, 0.1) is 33.0 Å². The molecule has 0 aliphatic heterocycles. The Labute approximate surface area is 164 Å². The van der Waals surface area contributed by atoms with Crippen molar-refractivity contribution in [2.24, 2.45) is 0 Å². The van der Waals surface area contributed by atoms with E-state index in [4.69, 9.17) is 23.2 Å². The zero-order valence-electron chi connectivity index (χ0n) is 14.1. The number of hydrogen-bond donors (Lipinski definition) is 1. The number of carboxylic acid groups (broad SMARTS) is 1. The van der Waals surface area contributed by atoms with Gasteiger partial charge in [0, 0.05) is 10.6 Å². The number of carboxylic acids is 1. The van der Waals surface area contributed by atoms with E-state index in [0.29, 0.717) is 38.0 Å². The first-order chi connectivity index (χ1) is 13.0. The summed E-state index contributed by atoms with van der Waals surface area (Å²) in [4.78, 5) is 16.6. The monoisotopic (exact) mass is 397 g/mol. The van der Waals surface area contributed by atoms with Crippen LogP contribution in [0.5, 0.6) is 0 Å². The normalized spacial score (nSPS) is 11.1. The molecule has 4 rings (SSSR count). The molecular weight excluding hydrogens is 385 g/mol. The van der Waals surface area contributed by atoms with Gasteiger partial charge in [-0.3, -0.25) is 0 Å². The van der Waals surface area contributed by atoms with Crippen LogP contribution in [0.25, 0.3) is 28.0 Å². The van der Waals surface area contributed by atoms with E-state index in [-0.39, 0.29) is 5.56 Å². The summed E-state index contributed by atoms with van der Waals surface area (Å²) in [5.74, 6) is -1.05. The highest BCUT2D eigenvalue weighted by Gasteiger charge is 2.21. The number of para-hydroxylation sites is 1. The molecule has 0 bridgehead atoms. The maximum Gasteiger partial charge on any atom is 0.336 e. The van der Waals surface area contributed by atoms with Crippen molar-refractivity contribution in [3.05, 3.63) is 75.9 Å². The topological polar surface area (TPSA) is 68.0 Å². The number of aromatic carboxylic acids is 1. The Balaban J connectivity index is 2.07. The lowest BCUT2D eigenvalue weighted by atomic mass is 10.1. The van der Waals surface area contributed by atoms with Gasteiger partial charge in [0.1, 0.15) is 0 Å². The van der Waals surface area contributed by atoms with E-state index in [1.807, 2.05) is 30.3 Å². The molecule has 0 atom stereocenters. The zero-order chi connectivity index (χ0) is 19.1. The summed E-state index contributed by atoms with van der Waals surface area (Å²) in [6.07, 6.45) is 0. The largest absolute Gasteiger partial charge is 0.478 e. The van der Waals surface area contributed by atoms with Gasteiger partial charge in [0.15, 0.2) is 5.65 Å². The van der Waals surface area contributed by atoms with Crippen molar-refractivity contribution in [1.29, 1.82) is 0 Å².